The van der Waals surface area contributed by atoms with Crippen LogP contribution in [0.3, 0.4) is 0 Å². The lowest BCUT2D eigenvalue weighted by Gasteiger charge is -2.40. The SMILES string of the molecule is BrCC1COCC2(CCCCCC2)O1. The monoisotopic (exact) mass is 262 g/mol. The van der Waals surface area contributed by atoms with Crippen LogP contribution in [0, 0.1) is 0 Å². The summed E-state index contributed by atoms with van der Waals surface area (Å²) in [5.41, 5.74) is 0.0627. The second-order valence-electron chi connectivity index (χ2n) is 4.51. The average molecular weight is 263 g/mol. The van der Waals surface area contributed by atoms with E-state index in [1.54, 1.807) is 0 Å². The molecule has 1 aliphatic carbocycles. The number of hydrogen-bond donors (Lipinski definition) is 0. The smallest absolute Gasteiger partial charge is 0.0920 e. The van der Waals surface area contributed by atoms with Crippen LogP contribution in [-0.2, 0) is 9.47 Å². The van der Waals surface area contributed by atoms with Crippen molar-refractivity contribution in [3.63, 3.8) is 0 Å². The zero-order valence-electron chi connectivity index (χ0n) is 8.64. The first-order valence-corrected chi connectivity index (χ1v) is 6.78. The zero-order valence-corrected chi connectivity index (χ0v) is 10.2. The van der Waals surface area contributed by atoms with Crippen LogP contribution in [0.25, 0.3) is 0 Å². The van der Waals surface area contributed by atoms with Crippen molar-refractivity contribution in [2.24, 2.45) is 0 Å². The zero-order chi connectivity index (χ0) is 9.86. The highest BCUT2D eigenvalue weighted by Crippen LogP contribution is 2.34. The summed E-state index contributed by atoms with van der Waals surface area (Å²) in [4.78, 5) is 0. The molecule has 1 atom stereocenters. The Labute approximate surface area is 94.5 Å². The molecule has 0 aromatic carbocycles. The van der Waals surface area contributed by atoms with Gasteiger partial charge in [-0.15, -0.1) is 0 Å². The molecule has 0 radical (unpaired) electrons. The van der Waals surface area contributed by atoms with Crippen LogP contribution in [-0.4, -0.2) is 30.2 Å². The molecule has 2 aliphatic rings. The van der Waals surface area contributed by atoms with Gasteiger partial charge in [-0.3, -0.25) is 0 Å². The van der Waals surface area contributed by atoms with E-state index in [1.165, 1.54) is 38.5 Å². The molecule has 0 amide bonds. The minimum Gasteiger partial charge on any atom is -0.376 e. The van der Waals surface area contributed by atoms with Crippen molar-refractivity contribution in [2.75, 3.05) is 18.5 Å². The Hall–Kier alpha value is 0.400. The average Bonchev–Trinajstić information content (AvgIpc) is 2.44. The van der Waals surface area contributed by atoms with E-state index in [0.717, 1.165) is 18.5 Å². The normalized spacial score (nSPS) is 32.8. The van der Waals surface area contributed by atoms with Crippen molar-refractivity contribution in [1.82, 2.24) is 0 Å². The molecule has 1 spiro atoms. The lowest BCUT2D eigenvalue weighted by Crippen LogP contribution is -2.47. The maximum Gasteiger partial charge on any atom is 0.0920 e. The van der Waals surface area contributed by atoms with Gasteiger partial charge in [0, 0.05) is 5.33 Å². The summed E-state index contributed by atoms with van der Waals surface area (Å²) in [5.74, 6) is 0. The molecule has 14 heavy (non-hydrogen) atoms. The van der Waals surface area contributed by atoms with E-state index in [-0.39, 0.29) is 11.7 Å². The van der Waals surface area contributed by atoms with Crippen molar-refractivity contribution >= 4 is 15.9 Å². The van der Waals surface area contributed by atoms with Gasteiger partial charge in [0.25, 0.3) is 0 Å². The van der Waals surface area contributed by atoms with E-state index in [2.05, 4.69) is 15.9 Å². The van der Waals surface area contributed by atoms with Crippen LogP contribution >= 0.6 is 15.9 Å². The van der Waals surface area contributed by atoms with Crippen molar-refractivity contribution < 1.29 is 9.47 Å². The first-order chi connectivity index (χ1) is 6.85. The van der Waals surface area contributed by atoms with Crippen molar-refractivity contribution in [3.05, 3.63) is 0 Å². The molecule has 1 saturated heterocycles. The quantitative estimate of drug-likeness (QED) is 0.677. The molecule has 1 aliphatic heterocycles. The fraction of sp³-hybridized carbons (Fsp3) is 1.00. The molecule has 1 unspecified atom stereocenters. The molecular formula is C11H19BrO2. The van der Waals surface area contributed by atoms with Crippen LogP contribution in [0.2, 0.25) is 0 Å². The van der Waals surface area contributed by atoms with Crippen LogP contribution < -0.4 is 0 Å². The third-order valence-corrected chi connectivity index (χ3v) is 3.99. The molecule has 2 fully saturated rings. The molecule has 2 rings (SSSR count). The Morgan fingerprint density at radius 2 is 1.86 bits per heavy atom. The summed E-state index contributed by atoms with van der Waals surface area (Å²) in [5, 5.41) is 0.898. The van der Waals surface area contributed by atoms with E-state index >= 15 is 0 Å². The summed E-state index contributed by atoms with van der Waals surface area (Å²) in [6.07, 6.45) is 7.99. The number of rotatable bonds is 1. The molecule has 2 nitrogen and oxygen atoms in total. The molecule has 1 heterocycles. The fourth-order valence-corrected chi connectivity index (χ4v) is 2.83. The van der Waals surface area contributed by atoms with Gasteiger partial charge in [-0.1, -0.05) is 41.6 Å². The predicted octanol–water partition coefficient (Wildman–Crippen LogP) is 2.89. The molecule has 3 heteroatoms. The maximum absolute atomic E-state index is 6.17. The van der Waals surface area contributed by atoms with Crippen molar-refractivity contribution in [3.8, 4) is 0 Å². The maximum atomic E-state index is 6.17. The highest BCUT2D eigenvalue weighted by molar-refractivity contribution is 9.09. The lowest BCUT2D eigenvalue weighted by molar-refractivity contribution is -0.196. The first kappa shape index (κ1) is 10.9. The van der Waals surface area contributed by atoms with E-state index in [0.29, 0.717) is 0 Å². The van der Waals surface area contributed by atoms with Gasteiger partial charge >= 0.3 is 0 Å². The molecule has 0 N–H and O–H groups in total. The topological polar surface area (TPSA) is 18.5 Å². The third kappa shape index (κ3) is 2.50. The van der Waals surface area contributed by atoms with Gasteiger partial charge in [-0.25, -0.2) is 0 Å². The van der Waals surface area contributed by atoms with E-state index in [9.17, 15) is 0 Å². The van der Waals surface area contributed by atoms with Gasteiger partial charge in [0.2, 0.25) is 0 Å². The lowest BCUT2D eigenvalue weighted by atomic mass is 9.94. The number of alkyl halides is 1. The van der Waals surface area contributed by atoms with E-state index in [1.807, 2.05) is 0 Å². The Balaban J connectivity index is 1.97. The van der Waals surface area contributed by atoms with Gasteiger partial charge in [0.15, 0.2) is 0 Å². The molecule has 0 aromatic rings. The highest BCUT2D eigenvalue weighted by Gasteiger charge is 2.37. The largest absolute Gasteiger partial charge is 0.376 e. The molecule has 0 bridgehead atoms. The van der Waals surface area contributed by atoms with Crippen molar-refractivity contribution in [2.45, 2.75) is 50.2 Å². The second-order valence-corrected chi connectivity index (χ2v) is 5.15. The highest BCUT2D eigenvalue weighted by atomic mass is 79.9. The summed E-state index contributed by atoms with van der Waals surface area (Å²) in [7, 11) is 0. The Morgan fingerprint density at radius 3 is 2.50 bits per heavy atom. The van der Waals surface area contributed by atoms with Crippen molar-refractivity contribution in [1.29, 1.82) is 0 Å². The van der Waals surface area contributed by atoms with E-state index < -0.39 is 0 Å². The minimum atomic E-state index is 0.0627. The summed E-state index contributed by atoms with van der Waals surface area (Å²) < 4.78 is 11.8. The number of hydrogen-bond acceptors (Lipinski definition) is 2. The van der Waals surface area contributed by atoms with Gasteiger partial charge in [-0.05, 0) is 12.8 Å². The number of ether oxygens (including phenoxy) is 2. The summed E-state index contributed by atoms with van der Waals surface area (Å²) >= 11 is 3.48. The second kappa shape index (κ2) is 4.95. The van der Waals surface area contributed by atoms with Gasteiger partial charge in [0.1, 0.15) is 0 Å². The number of halogens is 1. The predicted molar refractivity (Wildman–Crippen MR) is 59.9 cm³/mol. The van der Waals surface area contributed by atoms with Crippen LogP contribution in [0.15, 0.2) is 0 Å². The fourth-order valence-electron chi connectivity index (χ4n) is 2.51. The standard InChI is InChI=1S/C11H19BrO2/c12-7-10-8-13-9-11(14-10)5-3-1-2-4-6-11/h10H,1-9H2. The van der Waals surface area contributed by atoms with Gasteiger partial charge in [0.05, 0.1) is 24.9 Å². The molecule has 82 valence electrons. The van der Waals surface area contributed by atoms with Gasteiger partial charge in [-0.2, -0.15) is 0 Å². The van der Waals surface area contributed by atoms with Crippen LogP contribution in [0.5, 0.6) is 0 Å². The van der Waals surface area contributed by atoms with Crippen LogP contribution in [0.1, 0.15) is 38.5 Å². The molecule has 1 saturated carbocycles. The third-order valence-electron chi connectivity index (χ3n) is 3.27. The Morgan fingerprint density at radius 1 is 1.14 bits per heavy atom. The van der Waals surface area contributed by atoms with E-state index in [4.69, 9.17) is 9.47 Å². The summed E-state index contributed by atoms with van der Waals surface area (Å²) in [6, 6.07) is 0. The Bertz CT molecular complexity index is 176. The Kier molecular flexibility index (Phi) is 3.86. The minimum absolute atomic E-state index is 0.0627. The van der Waals surface area contributed by atoms with Gasteiger partial charge < -0.3 is 9.47 Å². The summed E-state index contributed by atoms with van der Waals surface area (Å²) in [6.45, 7) is 1.57. The molecule has 0 aromatic heterocycles. The first-order valence-electron chi connectivity index (χ1n) is 5.66. The van der Waals surface area contributed by atoms with Crippen LogP contribution in [0.4, 0.5) is 0 Å². The molecular weight excluding hydrogens is 244 g/mol.